The standard InChI is InChI=1S/C24H30N6O2/c1-24(2,3)20(23(32)25-4)28-22(31)19-17-14-29(5)12-13-30(17)21(27-19)16-10-6-8-15-9-7-11-26-18(15)16/h6-11,20H,12-14H2,1-5H3,(H,25,32)(H,28,31)/t20-/m1/s1. The Labute approximate surface area is 188 Å². The van der Waals surface area contributed by atoms with Crippen molar-refractivity contribution < 1.29 is 9.59 Å². The van der Waals surface area contributed by atoms with Crippen LogP contribution in [0.25, 0.3) is 22.3 Å². The number of fused-ring (bicyclic) bond motifs is 2. The summed E-state index contributed by atoms with van der Waals surface area (Å²) in [5.74, 6) is 0.163. The molecule has 4 rings (SSSR count). The van der Waals surface area contributed by atoms with Crippen LogP contribution in [0, 0.1) is 5.41 Å². The Hall–Kier alpha value is -3.26. The molecule has 0 spiro atoms. The van der Waals surface area contributed by atoms with E-state index in [4.69, 9.17) is 4.98 Å². The zero-order chi connectivity index (χ0) is 23.0. The molecule has 3 heterocycles. The number of amides is 2. The number of nitrogens with zero attached hydrogens (tertiary/aromatic N) is 4. The lowest BCUT2D eigenvalue weighted by Crippen LogP contribution is -2.53. The Kier molecular flexibility index (Phi) is 5.73. The monoisotopic (exact) mass is 434 g/mol. The molecule has 3 aromatic rings. The Morgan fingerprint density at radius 1 is 1.12 bits per heavy atom. The zero-order valence-electron chi connectivity index (χ0n) is 19.3. The van der Waals surface area contributed by atoms with Gasteiger partial charge < -0.3 is 15.2 Å². The lowest BCUT2D eigenvalue weighted by molar-refractivity contribution is -0.124. The number of pyridine rings is 1. The van der Waals surface area contributed by atoms with Crippen LogP contribution in [0.1, 0.15) is 37.0 Å². The molecule has 1 aliphatic rings. The minimum atomic E-state index is -0.679. The number of hydrogen-bond acceptors (Lipinski definition) is 5. The Morgan fingerprint density at radius 3 is 2.59 bits per heavy atom. The summed E-state index contributed by atoms with van der Waals surface area (Å²) in [6.45, 7) is 7.97. The molecule has 168 valence electrons. The first-order chi connectivity index (χ1) is 15.2. The van der Waals surface area contributed by atoms with Crippen LogP contribution in [0.3, 0.4) is 0 Å². The highest BCUT2D eigenvalue weighted by Crippen LogP contribution is 2.31. The summed E-state index contributed by atoms with van der Waals surface area (Å²) in [7, 11) is 3.60. The van der Waals surface area contributed by atoms with Crippen molar-refractivity contribution in [1.29, 1.82) is 0 Å². The Morgan fingerprint density at radius 2 is 1.88 bits per heavy atom. The average molecular weight is 435 g/mol. The van der Waals surface area contributed by atoms with Gasteiger partial charge in [0.25, 0.3) is 5.91 Å². The predicted molar refractivity (Wildman–Crippen MR) is 124 cm³/mol. The number of benzene rings is 1. The largest absolute Gasteiger partial charge is 0.357 e. The number of carbonyl (C=O) groups excluding carboxylic acids is 2. The maximum Gasteiger partial charge on any atom is 0.272 e. The molecule has 8 heteroatoms. The van der Waals surface area contributed by atoms with Crippen LogP contribution < -0.4 is 10.6 Å². The normalized spacial score (nSPS) is 15.3. The molecule has 1 atom stereocenters. The maximum atomic E-state index is 13.4. The highest BCUT2D eigenvalue weighted by Gasteiger charge is 2.35. The van der Waals surface area contributed by atoms with E-state index in [0.29, 0.717) is 12.2 Å². The third kappa shape index (κ3) is 3.98. The van der Waals surface area contributed by atoms with Gasteiger partial charge in [-0.3, -0.25) is 19.5 Å². The van der Waals surface area contributed by atoms with E-state index in [1.54, 1.807) is 13.2 Å². The van der Waals surface area contributed by atoms with Crippen molar-refractivity contribution in [3.05, 3.63) is 47.9 Å². The molecular weight excluding hydrogens is 404 g/mol. The average Bonchev–Trinajstić information content (AvgIpc) is 3.14. The van der Waals surface area contributed by atoms with Gasteiger partial charge in [-0.25, -0.2) is 4.98 Å². The fourth-order valence-corrected chi connectivity index (χ4v) is 4.18. The van der Waals surface area contributed by atoms with Crippen molar-refractivity contribution in [2.75, 3.05) is 20.6 Å². The summed E-state index contributed by atoms with van der Waals surface area (Å²) in [6.07, 6.45) is 1.77. The fourth-order valence-electron chi connectivity index (χ4n) is 4.18. The van der Waals surface area contributed by atoms with Gasteiger partial charge in [-0.2, -0.15) is 0 Å². The second-order valence-electron chi connectivity index (χ2n) is 9.39. The summed E-state index contributed by atoms with van der Waals surface area (Å²) in [5.41, 5.74) is 2.51. The van der Waals surface area contributed by atoms with Gasteiger partial charge in [0.15, 0.2) is 5.69 Å². The van der Waals surface area contributed by atoms with Crippen LogP contribution in [0.4, 0.5) is 0 Å². The van der Waals surface area contributed by atoms with Crippen molar-refractivity contribution >= 4 is 22.7 Å². The molecule has 2 N–H and O–H groups in total. The SMILES string of the molecule is CNC(=O)[C@@H](NC(=O)c1nc(-c2cccc3cccnc23)n2c1CN(C)CC2)C(C)(C)C. The number of hydrogen-bond donors (Lipinski definition) is 2. The van der Waals surface area contributed by atoms with Crippen molar-refractivity contribution in [2.24, 2.45) is 5.41 Å². The van der Waals surface area contributed by atoms with Gasteiger partial charge in [0, 0.05) is 43.8 Å². The molecule has 0 radical (unpaired) electrons. The van der Waals surface area contributed by atoms with E-state index in [-0.39, 0.29) is 11.8 Å². The van der Waals surface area contributed by atoms with Gasteiger partial charge in [-0.15, -0.1) is 0 Å². The van der Waals surface area contributed by atoms with Crippen LogP contribution in [-0.2, 0) is 17.9 Å². The number of para-hydroxylation sites is 1. The fraction of sp³-hybridized carbons (Fsp3) is 0.417. The molecule has 0 unspecified atom stereocenters. The van der Waals surface area contributed by atoms with Crippen LogP contribution in [0.5, 0.6) is 0 Å². The van der Waals surface area contributed by atoms with Gasteiger partial charge in [0.1, 0.15) is 11.9 Å². The first-order valence-electron chi connectivity index (χ1n) is 10.8. The van der Waals surface area contributed by atoms with Crippen molar-refractivity contribution in [3.8, 4) is 11.4 Å². The number of carbonyl (C=O) groups is 2. The quantitative estimate of drug-likeness (QED) is 0.658. The smallest absolute Gasteiger partial charge is 0.272 e. The number of rotatable bonds is 4. The highest BCUT2D eigenvalue weighted by molar-refractivity contribution is 5.99. The van der Waals surface area contributed by atoms with Crippen molar-refractivity contribution in [3.63, 3.8) is 0 Å². The van der Waals surface area contributed by atoms with Gasteiger partial charge in [0.05, 0.1) is 11.2 Å². The molecule has 0 aliphatic carbocycles. The van der Waals surface area contributed by atoms with E-state index in [0.717, 1.165) is 41.1 Å². The molecular formula is C24H30N6O2. The maximum absolute atomic E-state index is 13.4. The van der Waals surface area contributed by atoms with Crippen molar-refractivity contribution in [2.45, 2.75) is 39.9 Å². The third-order valence-electron chi connectivity index (χ3n) is 5.94. The van der Waals surface area contributed by atoms with Crippen LogP contribution in [0.15, 0.2) is 36.5 Å². The molecule has 1 aliphatic heterocycles. The summed E-state index contributed by atoms with van der Waals surface area (Å²) >= 11 is 0. The van der Waals surface area contributed by atoms with Crippen molar-refractivity contribution in [1.82, 2.24) is 30.1 Å². The molecule has 2 amide bonds. The van der Waals surface area contributed by atoms with E-state index in [2.05, 4.69) is 25.1 Å². The molecule has 8 nitrogen and oxygen atoms in total. The molecule has 0 fully saturated rings. The summed E-state index contributed by atoms with van der Waals surface area (Å²) in [4.78, 5) is 37.4. The van der Waals surface area contributed by atoms with E-state index in [1.165, 1.54) is 0 Å². The summed E-state index contributed by atoms with van der Waals surface area (Å²) in [6, 6.07) is 9.24. The molecule has 32 heavy (non-hydrogen) atoms. The minimum Gasteiger partial charge on any atom is -0.357 e. The predicted octanol–water partition coefficient (Wildman–Crippen LogP) is 2.43. The second-order valence-corrected chi connectivity index (χ2v) is 9.39. The van der Waals surface area contributed by atoms with E-state index in [9.17, 15) is 9.59 Å². The second kappa shape index (κ2) is 8.35. The van der Waals surface area contributed by atoms with E-state index >= 15 is 0 Å². The summed E-state index contributed by atoms with van der Waals surface area (Å²) in [5, 5.41) is 6.61. The van der Waals surface area contributed by atoms with Crippen LogP contribution in [0.2, 0.25) is 0 Å². The molecule has 1 aromatic carbocycles. The third-order valence-corrected chi connectivity index (χ3v) is 5.94. The first kappa shape index (κ1) is 22.0. The Balaban J connectivity index is 1.81. The minimum absolute atomic E-state index is 0.227. The molecule has 0 saturated heterocycles. The number of nitrogens with one attached hydrogen (secondary N) is 2. The first-order valence-corrected chi connectivity index (χ1v) is 10.8. The van der Waals surface area contributed by atoms with Crippen LogP contribution >= 0.6 is 0 Å². The summed E-state index contributed by atoms with van der Waals surface area (Å²) < 4.78 is 2.12. The number of likely N-dealkylation sites (N-methyl/N-ethyl adjacent to an activating group) is 2. The highest BCUT2D eigenvalue weighted by atomic mass is 16.2. The van der Waals surface area contributed by atoms with Gasteiger partial charge in [-0.05, 0) is 24.6 Å². The number of imidazole rings is 1. The zero-order valence-corrected chi connectivity index (χ0v) is 19.3. The molecule has 0 saturated carbocycles. The molecule has 2 aromatic heterocycles. The topological polar surface area (TPSA) is 92.1 Å². The van der Waals surface area contributed by atoms with Gasteiger partial charge in [-0.1, -0.05) is 39.0 Å². The molecule has 0 bridgehead atoms. The van der Waals surface area contributed by atoms with Gasteiger partial charge >= 0.3 is 0 Å². The Bertz CT molecular complexity index is 1170. The lowest BCUT2D eigenvalue weighted by Gasteiger charge is -2.30. The van der Waals surface area contributed by atoms with Crippen LogP contribution in [-0.4, -0.2) is 57.9 Å². The number of aromatic nitrogens is 3. The lowest BCUT2D eigenvalue weighted by atomic mass is 9.86. The van der Waals surface area contributed by atoms with Gasteiger partial charge in [0.2, 0.25) is 5.91 Å². The van der Waals surface area contributed by atoms with E-state index in [1.807, 2.05) is 58.2 Å². The van der Waals surface area contributed by atoms with E-state index < -0.39 is 11.5 Å².